The Morgan fingerprint density at radius 3 is 2.61 bits per heavy atom. The summed E-state index contributed by atoms with van der Waals surface area (Å²) in [5.74, 6) is -0.193. The van der Waals surface area contributed by atoms with Crippen LogP contribution in [-0.2, 0) is 19.6 Å². The maximum atomic E-state index is 11.4. The summed E-state index contributed by atoms with van der Waals surface area (Å²) in [6.45, 7) is 2.48. The molecule has 0 amide bonds. The summed E-state index contributed by atoms with van der Waals surface area (Å²) in [7, 11) is 0. The van der Waals surface area contributed by atoms with Gasteiger partial charge in [0.2, 0.25) is 0 Å². The molecule has 7 heteroatoms. The van der Waals surface area contributed by atoms with Crippen LogP contribution in [0.15, 0.2) is 42.6 Å². The van der Waals surface area contributed by atoms with Crippen molar-refractivity contribution < 1.29 is 15.0 Å². The SMILES string of the molecule is CCCCc1nc(Cl)c(CO)n1Cc1ccc(-c2cccnc2C(=O)O)cc1. The maximum absolute atomic E-state index is 11.4. The van der Waals surface area contributed by atoms with E-state index in [0.717, 1.165) is 36.2 Å². The van der Waals surface area contributed by atoms with Crippen molar-refractivity contribution >= 4 is 17.6 Å². The molecule has 0 unspecified atom stereocenters. The van der Waals surface area contributed by atoms with Crippen LogP contribution < -0.4 is 0 Å². The molecular formula is C21H22ClN3O3. The number of benzene rings is 1. The molecule has 2 aromatic heterocycles. The van der Waals surface area contributed by atoms with E-state index in [2.05, 4.69) is 16.9 Å². The Kier molecular flexibility index (Phi) is 6.44. The maximum Gasteiger partial charge on any atom is 0.355 e. The van der Waals surface area contributed by atoms with Gasteiger partial charge in [0.15, 0.2) is 10.8 Å². The van der Waals surface area contributed by atoms with E-state index in [4.69, 9.17) is 11.6 Å². The summed E-state index contributed by atoms with van der Waals surface area (Å²) < 4.78 is 1.96. The van der Waals surface area contributed by atoms with Crippen molar-refractivity contribution in [3.63, 3.8) is 0 Å². The number of halogens is 1. The number of nitrogens with zero attached hydrogens (tertiary/aromatic N) is 3. The molecule has 6 nitrogen and oxygen atoms in total. The molecule has 1 aromatic carbocycles. The van der Waals surface area contributed by atoms with Gasteiger partial charge < -0.3 is 14.8 Å². The van der Waals surface area contributed by atoms with Crippen molar-refractivity contribution in [2.45, 2.75) is 39.3 Å². The molecule has 146 valence electrons. The van der Waals surface area contributed by atoms with Gasteiger partial charge in [0, 0.05) is 24.7 Å². The Labute approximate surface area is 168 Å². The van der Waals surface area contributed by atoms with Gasteiger partial charge in [-0.25, -0.2) is 14.8 Å². The van der Waals surface area contributed by atoms with Crippen LogP contribution in [0.25, 0.3) is 11.1 Å². The Hall–Kier alpha value is -2.70. The molecule has 2 heterocycles. The van der Waals surface area contributed by atoms with E-state index in [-0.39, 0.29) is 12.3 Å². The number of carboxylic acids is 1. The third kappa shape index (κ3) is 4.24. The average molecular weight is 400 g/mol. The second kappa shape index (κ2) is 8.99. The van der Waals surface area contributed by atoms with Crippen LogP contribution in [0.5, 0.6) is 0 Å². The van der Waals surface area contributed by atoms with Gasteiger partial charge in [0.1, 0.15) is 5.82 Å². The Bertz CT molecular complexity index is 968. The highest BCUT2D eigenvalue weighted by molar-refractivity contribution is 6.30. The third-order valence-corrected chi connectivity index (χ3v) is 4.93. The molecule has 0 saturated heterocycles. The van der Waals surface area contributed by atoms with Crippen LogP contribution in [0.3, 0.4) is 0 Å². The largest absolute Gasteiger partial charge is 0.476 e. The first-order valence-corrected chi connectivity index (χ1v) is 9.55. The zero-order valence-electron chi connectivity index (χ0n) is 15.6. The number of aromatic carboxylic acids is 1. The Morgan fingerprint density at radius 2 is 1.96 bits per heavy atom. The first-order chi connectivity index (χ1) is 13.5. The number of hydrogen-bond acceptors (Lipinski definition) is 4. The van der Waals surface area contributed by atoms with Crippen LogP contribution in [0, 0.1) is 0 Å². The summed E-state index contributed by atoms with van der Waals surface area (Å²) in [5.41, 5.74) is 3.00. The van der Waals surface area contributed by atoms with Gasteiger partial charge in [-0.1, -0.05) is 55.3 Å². The van der Waals surface area contributed by atoms with E-state index >= 15 is 0 Å². The molecule has 0 atom stereocenters. The van der Waals surface area contributed by atoms with E-state index in [1.54, 1.807) is 12.1 Å². The minimum Gasteiger partial charge on any atom is -0.476 e. The highest BCUT2D eigenvalue weighted by Crippen LogP contribution is 2.25. The molecule has 3 rings (SSSR count). The fourth-order valence-corrected chi connectivity index (χ4v) is 3.41. The third-order valence-electron chi connectivity index (χ3n) is 4.62. The van der Waals surface area contributed by atoms with Crippen LogP contribution in [0.2, 0.25) is 5.15 Å². The number of carbonyl (C=O) groups is 1. The second-order valence-corrected chi connectivity index (χ2v) is 6.87. The summed E-state index contributed by atoms with van der Waals surface area (Å²) in [5, 5.41) is 19.4. The molecule has 0 aliphatic carbocycles. The number of pyridine rings is 1. The van der Waals surface area contributed by atoms with Crippen LogP contribution in [0.1, 0.15) is 47.3 Å². The van der Waals surface area contributed by atoms with Gasteiger partial charge in [-0.15, -0.1) is 0 Å². The zero-order chi connectivity index (χ0) is 20.1. The molecular weight excluding hydrogens is 378 g/mol. The Balaban J connectivity index is 1.89. The number of aryl methyl sites for hydroxylation is 1. The predicted octanol–water partition coefficient (Wildman–Crippen LogP) is 4.18. The average Bonchev–Trinajstić information content (AvgIpc) is 3.01. The van der Waals surface area contributed by atoms with Crippen LogP contribution in [-0.4, -0.2) is 30.7 Å². The summed E-state index contributed by atoms with van der Waals surface area (Å²) in [6.07, 6.45) is 4.31. The lowest BCUT2D eigenvalue weighted by Gasteiger charge is -2.12. The number of aliphatic hydroxyl groups excluding tert-OH is 1. The van der Waals surface area contributed by atoms with Crippen LogP contribution >= 0.6 is 11.6 Å². The van der Waals surface area contributed by atoms with Gasteiger partial charge in [0.25, 0.3) is 0 Å². The highest BCUT2D eigenvalue weighted by Gasteiger charge is 2.16. The standard InChI is InChI=1S/C21H22ClN3O3/c1-2-3-6-18-24-20(22)17(13-26)25(18)12-14-7-9-15(10-8-14)16-5-4-11-23-19(16)21(27)28/h4-5,7-11,26H,2-3,6,12-13H2,1H3,(H,27,28). The topological polar surface area (TPSA) is 88.2 Å². The predicted molar refractivity (Wildman–Crippen MR) is 108 cm³/mol. The molecule has 0 bridgehead atoms. The van der Waals surface area contributed by atoms with Gasteiger partial charge in [0.05, 0.1) is 12.3 Å². The quantitative estimate of drug-likeness (QED) is 0.593. The minimum absolute atomic E-state index is 0.0288. The molecule has 0 fully saturated rings. The van der Waals surface area contributed by atoms with Crippen molar-refractivity contribution in [3.05, 3.63) is 70.5 Å². The molecule has 2 N–H and O–H groups in total. The monoisotopic (exact) mass is 399 g/mol. The number of unbranched alkanes of at least 4 members (excludes halogenated alkanes) is 1. The molecule has 28 heavy (non-hydrogen) atoms. The number of aromatic nitrogens is 3. The van der Waals surface area contributed by atoms with Crippen molar-refractivity contribution in [1.82, 2.24) is 14.5 Å². The number of aliphatic hydroxyl groups is 1. The lowest BCUT2D eigenvalue weighted by atomic mass is 10.0. The van der Waals surface area contributed by atoms with Gasteiger partial charge in [-0.2, -0.15) is 0 Å². The molecule has 0 aliphatic rings. The summed E-state index contributed by atoms with van der Waals surface area (Å²) >= 11 is 6.19. The van der Waals surface area contributed by atoms with Crippen molar-refractivity contribution in [2.24, 2.45) is 0 Å². The van der Waals surface area contributed by atoms with E-state index in [1.807, 2.05) is 28.8 Å². The lowest BCUT2D eigenvalue weighted by molar-refractivity contribution is 0.0691. The summed E-state index contributed by atoms with van der Waals surface area (Å²) in [6, 6.07) is 11.1. The first-order valence-electron chi connectivity index (χ1n) is 9.17. The van der Waals surface area contributed by atoms with Gasteiger partial charge in [-0.05, 0) is 23.6 Å². The molecule has 3 aromatic rings. The van der Waals surface area contributed by atoms with Crippen molar-refractivity contribution in [1.29, 1.82) is 0 Å². The highest BCUT2D eigenvalue weighted by atomic mass is 35.5. The molecule has 0 aliphatic heterocycles. The smallest absolute Gasteiger partial charge is 0.355 e. The zero-order valence-corrected chi connectivity index (χ0v) is 16.4. The molecule has 0 spiro atoms. The second-order valence-electron chi connectivity index (χ2n) is 6.51. The molecule has 0 saturated carbocycles. The van der Waals surface area contributed by atoms with Crippen molar-refractivity contribution in [2.75, 3.05) is 0 Å². The number of carboxylic acid groups (broad SMARTS) is 1. The van der Waals surface area contributed by atoms with Gasteiger partial charge >= 0.3 is 5.97 Å². The summed E-state index contributed by atoms with van der Waals surface area (Å²) in [4.78, 5) is 19.8. The first kappa shape index (κ1) is 20.0. The van der Waals surface area contributed by atoms with E-state index < -0.39 is 5.97 Å². The van der Waals surface area contributed by atoms with Gasteiger partial charge in [-0.3, -0.25) is 0 Å². The van der Waals surface area contributed by atoms with E-state index in [0.29, 0.717) is 23.0 Å². The normalized spacial score (nSPS) is 11.0. The number of hydrogen-bond donors (Lipinski definition) is 2. The fraction of sp³-hybridized carbons (Fsp3) is 0.286. The lowest BCUT2D eigenvalue weighted by Crippen LogP contribution is -2.09. The van der Waals surface area contributed by atoms with E-state index in [1.165, 1.54) is 6.20 Å². The number of rotatable bonds is 8. The van der Waals surface area contributed by atoms with Crippen molar-refractivity contribution in [3.8, 4) is 11.1 Å². The number of imidazole rings is 1. The fourth-order valence-electron chi connectivity index (χ4n) is 3.15. The van der Waals surface area contributed by atoms with Crippen LogP contribution in [0.4, 0.5) is 0 Å². The molecule has 0 radical (unpaired) electrons. The van der Waals surface area contributed by atoms with E-state index in [9.17, 15) is 15.0 Å². The Morgan fingerprint density at radius 1 is 1.21 bits per heavy atom. The minimum atomic E-state index is -1.05.